The molecule has 1 aliphatic heterocycles. The zero-order valence-electron chi connectivity index (χ0n) is 13.5. The van der Waals surface area contributed by atoms with Crippen LogP contribution in [0.4, 0.5) is 0 Å². The van der Waals surface area contributed by atoms with Crippen LogP contribution in [0.5, 0.6) is 5.75 Å². The minimum absolute atomic E-state index is 0.812. The second-order valence-corrected chi connectivity index (χ2v) is 6.67. The standard InChI is InChI=1S/C18H28N2O/c1-14-11-15(2)18(21-13-16-3-4-16)17(12-14)5-8-20-9-6-19-7-10-20/h11-12,16,19H,3-10,13H2,1-2H3. The lowest BCUT2D eigenvalue weighted by Gasteiger charge is -2.27. The van der Waals surface area contributed by atoms with Crippen molar-refractivity contribution in [1.82, 2.24) is 10.2 Å². The van der Waals surface area contributed by atoms with Gasteiger partial charge in [-0.15, -0.1) is 0 Å². The Labute approximate surface area is 128 Å². The summed E-state index contributed by atoms with van der Waals surface area (Å²) in [5.74, 6) is 1.97. The normalized spacial score (nSPS) is 19.7. The summed E-state index contributed by atoms with van der Waals surface area (Å²) in [6, 6.07) is 4.56. The van der Waals surface area contributed by atoms with Crippen molar-refractivity contribution in [3.05, 3.63) is 28.8 Å². The van der Waals surface area contributed by atoms with E-state index in [0.29, 0.717) is 0 Å². The Balaban J connectivity index is 1.65. The van der Waals surface area contributed by atoms with Crippen molar-refractivity contribution in [2.24, 2.45) is 5.92 Å². The van der Waals surface area contributed by atoms with Crippen molar-refractivity contribution < 1.29 is 4.74 Å². The van der Waals surface area contributed by atoms with Crippen LogP contribution in [0.2, 0.25) is 0 Å². The van der Waals surface area contributed by atoms with E-state index >= 15 is 0 Å². The van der Waals surface area contributed by atoms with Crippen LogP contribution in [0.15, 0.2) is 12.1 Å². The van der Waals surface area contributed by atoms with Crippen LogP contribution in [0.1, 0.15) is 29.5 Å². The number of nitrogens with one attached hydrogen (secondary N) is 1. The molecule has 0 amide bonds. The Morgan fingerprint density at radius 2 is 1.95 bits per heavy atom. The topological polar surface area (TPSA) is 24.5 Å². The van der Waals surface area contributed by atoms with Crippen LogP contribution in [0.25, 0.3) is 0 Å². The van der Waals surface area contributed by atoms with Gasteiger partial charge in [-0.25, -0.2) is 0 Å². The number of ether oxygens (including phenoxy) is 1. The first-order chi connectivity index (χ1) is 10.2. The molecule has 0 spiro atoms. The molecular formula is C18H28N2O. The van der Waals surface area contributed by atoms with E-state index in [-0.39, 0.29) is 0 Å². The second kappa shape index (κ2) is 6.80. The van der Waals surface area contributed by atoms with Crippen LogP contribution >= 0.6 is 0 Å². The van der Waals surface area contributed by atoms with Gasteiger partial charge in [0.25, 0.3) is 0 Å². The average Bonchev–Trinajstić information content (AvgIpc) is 3.29. The molecule has 1 saturated carbocycles. The van der Waals surface area contributed by atoms with E-state index in [1.807, 2.05) is 0 Å². The van der Waals surface area contributed by atoms with Crippen LogP contribution in [0, 0.1) is 19.8 Å². The minimum Gasteiger partial charge on any atom is -0.493 e. The van der Waals surface area contributed by atoms with Crippen molar-refractivity contribution in [1.29, 1.82) is 0 Å². The molecule has 3 heteroatoms. The van der Waals surface area contributed by atoms with E-state index in [4.69, 9.17) is 4.74 Å². The third-order valence-corrected chi connectivity index (χ3v) is 4.56. The molecule has 3 rings (SSSR count). The highest BCUT2D eigenvalue weighted by molar-refractivity contribution is 5.44. The first-order valence-electron chi connectivity index (χ1n) is 8.38. The molecule has 1 aromatic carbocycles. The maximum Gasteiger partial charge on any atom is 0.125 e. The van der Waals surface area contributed by atoms with Crippen LogP contribution in [-0.2, 0) is 6.42 Å². The number of nitrogens with zero attached hydrogens (tertiary/aromatic N) is 1. The monoisotopic (exact) mass is 288 g/mol. The summed E-state index contributed by atoms with van der Waals surface area (Å²) < 4.78 is 6.16. The van der Waals surface area contributed by atoms with Gasteiger partial charge in [0.1, 0.15) is 5.75 Å². The summed E-state index contributed by atoms with van der Waals surface area (Å²) >= 11 is 0. The summed E-state index contributed by atoms with van der Waals surface area (Å²) in [4.78, 5) is 2.55. The fourth-order valence-corrected chi connectivity index (χ4v) is 3.13. The van der Waals surface area contributed by atoms with Crippen LogP contribution in [-0.4, -0.2) is 44.2 Å². The molecule has 0 bridgehead atoms. The third kappa shape index (κ3) is 4.21. The van der Waals surface area contributed by atoms with E-state index in [1.54, 1.807) is 0 Å². The third-order valence-electron chi connectivity index (χ3n) is 4.56. The zero-order valence-corrected chi connectivity index (χ0v) is 13.5. The van der Waals surface area contributed by atoms with E-state index in [0.717, 1.165) is 44.3 Å². The predicted octanol–water partition coefficient (Wildman–Crippen LogP) is 2.54. The van der Waals surface area contributed by atoms with Gasteiger partial charge in [0.15, 0.2) is 0 Å². The summed E-state index contributed by atoms with van der Waals surface area (Å²) in [5.41, 5.74) is 4.04. The molecule has 0 unspecified atom stereocenters. The summed E-state index contributed by atoms with van der Waals surface area (Å²) in [6.45, 7) is 11.0. The smallest absolute Gasteiger partial charge is 0.125 e. The Hall–Kier alpha value is -1.06. The fraction of sp³-hybridized carbons (Fsp3) is 0.667. The van der Waals surface area contributed by atoms with Gasteiger partial charge in [-0.2, -0.15) is 0 Å². The maximum atomic E-state index is 6.16. The zero-order chi connectivity index (χ0) is 14.7. The van der Waals surface area contributed by atoms with Crippen molar-refractivity contribution in [3.63, 3.8) is 0 Å². The highest BCUT2D eigenvalue weighted by Gasteiger charge is 2.23. The molecule has 0 radical (unpaired) electrons. The van der Waals surface area contributed by atoms with Gasteiger partial charge < -0.3 is 15.0 Å². The van der Waals surface area contributed by atoms with E-state index in [1.165, 1.54) is 42.6 Å². The number of benzene rings is 1. The number of piperazine rings is 1. The minimum atomic E-state index is 0.812. The SMILES string of the molecule is Cc1cc(C)c(OCC2CC2)c(CCN2CCNCC2)c1. The quantitative estimate of drug-likeness (QED) is 0.870. The van der Waals surface area contributed by atoms with E-state index in [9.17, 15) is 0 Å². The summed E-state index contributed by atoms with van der Waals surface area (Å²) in [7, 11) is 0. The second-order valence-electron chi connectivity index (χ2n) is 6.67. The van der Waals surface area contributed by atoms with Gasteiger partial charge in [-0.05, 0) is 50.2 Å². The Morgan fingerprint density at radius 1 is 1.19 bits per heavy atom. The molecule has 3 nitrogen and oxygen atoms in total. The first-order valence-corrected chi connectivity index (χ1v) is 8.38. The summed E-state index contributed by atoms with van der Waals surface area (Å²) in [5, 5.41) is 3.42. The van der Waals surface area contributed by atoms with E-state index in [2.05, 4.69) is 36.2 Å². The maximum absolute atomic E-state index is 6.16. The molecule has 116 valence electrons. The van der Waals surface area contributed by atoms with Gasteiger partial charge in [0.05, 0.1) is 6.61 Å². The summed E-state index contributed by atoms with van der Waals surface area (Å²) in [6.07, 6.45) is 3.80. The highest BCUT2D eigenvalue weighted by Crippen LogP contribution is 2.32. The van der Waals surface area contributed by atoms with Crippen molar-refractivity contribution >= 4 is 0 Å². The average molecular weight is 288 g/mol. The van der Waals surface area contributed by atoms with Crippen LogP contribution in [0.3, 0.4) is 0 Å². The molecule has 1 aliphatic carbocycles. The molecule has 0 atom stereocenters. The number of rotatable bonds is 6. The van der Waals surface area contributed by atoms with Crippen molar-refractivity contribution in [2.45, 2.75) is 33.1 Å². The Kier molecular flexibility index (Phi) is 4.81. The molecule has 1 heterocycles. The lowest BCUT2D eigenvalue weighted by atomic mass is 10.0. The number of aryl methyl sites for hydroxylation is 2. The number of hydrogen-bond donors (Lipinski definition) is 1. The molecule has 1 aromatic rings. The first kappa shape index (κ1) is 14.9. The van der Waals surface area contributed by atoms with Gasteiger partial charge in [-0.1, -0.05) is 17.7 Å². The van der Waals surface area contributed by atoms with Crippen molar-refractivity contribution in [3.8, 4) is 5.75 Å². The Morgan fingerprint density at radius 3 is 2.67 bits per heavy atom. The number of hydrogen-bond acceptors (Lipinski definition) is 3. The molecule has 1 saturated heterocycles. The molecular weight excluding hydrogens is 260 g/mol. The van der Waals surface area contributed by atoms with E-state index < -0.39 is 0 Å². The Bertz CT molecular complexity index is 476. The lowest BCUT2D eigenvalue weighted by Crippen LogP contribution is -2.44. The van der Waals surface area contributed by atoms with Gasteiger partial charge >= 0.3 is 0 Å². The molecule has 2 aliphatic rings. The lowest BCUT2D eigenvalue weighted by molar-refractivity contribution is 0.241. The largest absolute Gasteiger partial charge is 0.493 e. The predicted molar refractivity (Wildman–Crippen MR) is 87.1 cm³/mol. The van der Waals surface area contributed by atoms with Crippen molar-refractivity contribution in [2.75, 3.05) is 39.3 Å². The van der Waals surface area contributed by atoms with Gasteiger partial charge in [0.2, 0.25) is 0 Å². The highest BCUT2D eigenvalue weighted by atomic mass is 16.5. The van der Waals surface area contributed by atoms with Gasteiger partial charge in [0, 0.05) is 32.7 Å². The molecule has 2 fully saturated rings. The molecule has 1 N–H and O–H groups in total. The molecule has 0 aromatic heterocycles. The molecule has 21 heavy (non-hydrogen) atoms. The fourth-order valence-electron chi connectivity index (χ4n) is 3.13. The van der Waals surface area contributed by atoms with Gasteiger partial charge in [-0.3, -0.25) is 0 Å². The van der Waals surface area contributed by atoms with Crippen LogP contribution < -0.4 is 10.1 Å².